The number of thiol groups is 2. The van der Waals surface area contributed by atoms with Crippen LogP contribution < -0.4 is 5.32 Å². The van der Waals surface area contributed by atoms with E-state index in [1.165, 1.54) is 24.8 Å². The molecule has 0 radical (unpaired) electrons. The first-order chi connectivity index (χ1) is 13.1. The Bertz CT molecular complexity index is 575. The Balaban J connectivity index is 0.00000280. The molecule has 0 spiro atoms. The van der Waals surface area contributed by atoms with Crippen LogP contribution in [0.1, 0.15) is 30.7 Å². The smallest absolute Gasteiger partial charge is 0.0406 e. The lowest BCUT2D eigenvalue weighted by Crippen LogP contribution is -2.50. The highest BCUT2D eigenvalue weighted by molar-refractivity contribution is 7.80. The number of halogens is 2. The number of piperidine rings is 1. The van der Waals surface area contributed by atoms with Gasteiger partial charge in [0.15, 0.2) is 0 Å². The highest BCUT2D eigenvalue weighted by Gasteiger charge is 2.46. The van der Waals surface area contributed by atoms with Crippen LogP contribution in [0.3, 0.4) is 0 Å². The molecule has 0 saturated carbocycles. The maximum Gasteiger partial charge on any atom is 0.0406 e. The summed E-state index contributed by atoms with van der Waals surface area (Å²) in [7, 11) is 2.34. The minimum absolute atomic E-state index is 0. The van der Waals surface area contributed by atoms with Gasteiger partial charge in [-0.15, -0.1) is 12.4 Å². The van der Waals surface area contributed by atoms with Gasteiger partial charge in [-0.3, -0.25) is 0 Å². The molecule has 2 bridgehead atoms. The quantitative estimate of drug-likeness (QED) is 0.358. The second kappa shape index (κ2) is 12.3. The molecule has 1 unspecified atom stereocenters. The maximum atomic E-state index is 6.15. The summed E-state index contributed by atoms with van der Waals surface area (Å²) in [6.07, 6.45) is 3.95. The minimum Gasteiger partial charge on any atom is -0.315 e. The molecule has 1 N–H and O–H groups in total. The van der Waals surface area contributed by atoms with Gasteiger partial charge in [0.05, 0.1) is 0 Å². The van der Waals surface area contributed by atoms with Crippen LogP contribution in [0.15, 0.2) is 24.3 Å². The first kappa shape index (κ1) is 24.6. The third-order valence-electron chi connectivity index (χ3n) is 6.51. The number of fused-ring (bicyclic) bond motifs is 2. The van der Waals surface area contributed by atoms with E-state index in [4.69, 9.17) is 11.6 Å². The Morgan fingerprint density at radius 3 is 2.54 bits per heavy atom. The van der Waals surface area contributed by atoms with Gasteiger partial charge in [-0.1, -0.05) is 23.7 Å². The molecular formula is C21H35Cl2N3S2. The van der Waals surface area contributed by atoms with Gasteiger partial charge in [-0.2, -0.15) is 25.3 Å². The van der Waals surface area contributed by atoms with Gasteiger partial charge in [-0.25, -0.2) is 0 Å². The van der Waals surface area contributed by atoms with Crippen molar-refractivity contribution in [1.82, 2.24) is 15.1 Å². The molecule has 7 heteroatoms. The monoisotopic (exact) mass is 463 g/mol. The molecule has 1 aromatic rings. The normalized spacial score (nSPS) is 27.2. The molecule has 4 atom stereocenters. The van der Waals surface area contributed by atoms with Crippen LogP contribution in [0, 0.1) is 5.92 Å². The van der Waals surface area contributed by atoms with Crippen LogP contribution in [0.2, 0.25) is 5.02 Å². The fourth-order valence-corrected chi connectivity index (χ4v) is 5.66. The number of rotatable bonds is 10. The van der Waals surface area contributed by atoms with E-state index >= 15 is 0 Å². The third-order valence-corrected chi connectivity index (χ3v) is 7.18. The van der Waals surface area contributed by atoms with Crippen molar-refractivity contribution >= 4 is 49.3 Å². The molecule has 0 amide bonds. The van der Waals surface area contributed by atoms with E-state index in [1.54, 1.807) is 0 Å². The van der Waals surface area contributed by atoms with Gasteiger partial charge in [0.1, 0.15) is 0 Å². The lowest BCUT2D eigenvalue weighted by molar-refractivity contribution is 0.0728. The van der Waals surface area contributed by atoms with Crippen molar-refractivity contribution in [2.45, 2.75) is 37.3 Å². The zero-order valence-electron chi connectivity index (χ0n) is 16.8. The fraction of sp³-hybridized carbons (Fsp3) is 0.714. The summed E-state index contributed by atoms with van der Waals surface area (Å²) < 4.78 is 0. The Morgan fingerprint density at radius 2 is 1.86 bits per heavy atom. The van der Waals surface area contributed by atoms with E-state index in [1.807, 2.05) is 0 Å². The number of benzene rings is 1. The zero-order chi connectivity index (χ0) is 19.2. The van der Waals surface area contributed by atoms with E-state index in [9.17, 15) is 0 Å². The molecule has 3 rings (SSSR count). The molecule has 2 fully saturated rings. The largest absolute Gasteiger partial charge is 0.315 e. The number of hydrogen-bond acceptors (Lipinski definition) is 5. The second-order valence-corrected chi connectivity index (χ2v) is 9.35. The number of hydrogen-bond donors (Lipinski definition) is 3. The lowest BCUT2D eigenvalue weighted by Gasteiger charge is -2.45. The molecule has 0 aromatic heterocycles. The van der Waals surface area contributed by atoms with Gasteiger partial charge in [0, 0.05) is 61.3 Å². The van der Waals surface area contributed by atoms with Crippen LogP contribution in [-0.4, -0.2) is 73.2 Å². The summed E-state index contributed by atoms with van der Waals surface area (Å²) in [5, 5.41) is 4.32. The molecular weight excluding hydrogens is 429 g/mol. The second-order valence-electron chi connectivity index (χ2n) is 8.02. The van der Waals surface area contributed by atoms with Crippen LogP contribution in [-0.2, 0) is 0 Å². The predicted octanol–water partition coefficient (Wildman–Crippen LogP) is 4.08. The zero-order valence-corrected chi connectivity index (χ0v) is 20.1. The van der Waals surface area contributed by atoms with E-state index in [2.05, 4.69) is 71.7 Å². The minimum atomic E-state index is 0. The van der Waals surface area contributed by atoms with Crippen LogP contribution >= 0.6 is 49.3 Å². The van der Waals surface area contributed by atoms with Crippen molar-refractivity contribution in [1.29, 1.82) is 0 Å². The van der Waals surface area contributed by atoms with Crippen molar-refractivity contribution in [3.05, 3.63) is 34.9 Å². The summed E-state index contributed by atoms with van der Waals surface area (Å²) in [6, 6.07) is 10.0. The Labute approximate surface area is 193 Å². The van der Waals surface area contributed by atoms with Crippen molar-refractivity contribution < 1.29 is 0 Å². The van der Waals surface area contributed by atoms with Crippen molar-refractivity contribution in [3.63, 3.8) is 0 Å². The maximum absolute atomic E-state index is 6.15. The van der Waals surface area contributed by atoms with E-state index in [0.717, 1.165) is 55.3 Å². The van der Waals surface area contributed by atoms with Gasteiger partial charge in [-0.05, 0) is 55.8 Å². The van der Waals surface area contributed by atoms with E-state index in [-0.39, 0.29) is 12.4 Å². The fourth-order valence-electron chi connectivity index (χ4n) is 5.09. The SMILES string of the molecule is CN1C2CC[C@H]1C[C@H](c1ccc(Cl)cc1)[C@@H]2CN(CCS)CCNCCS.Cl. The molecule has 2 saturated heterocycles. The molecule has 1 aromatic carbocycles. The summed E-state index contributed by atoms with van der Waals surface area (Å²) in [4.78, 5) is 5.27. The van der Waals surface area contributed by atoms with Crippen LogP contribution in [0.5, 0.6) is 0 Å². The molecule has 28 heavy (non-hydrogen) atoms. The first-order valence-corrected chi connectivity index (χ1v) is 11.9. The standard InChI is InChI=1S/C21H34ClN3S2.ClH/c1-24-18-6-7-21(24)20(15-25(11-13-27)10-8-23-9-12-26)19(14-18)16-2-4-17(22)5-3-16;/h2-5,18-21,23,26-27H,6-15H2,1H3;1H/t18-,19+,20-,21?;/m0./s1. The summed E-state index contributed by atoms with van der Waals surface area (Å²) in [5.74, 6) is 3.10. The van der Waals surface area contributed by atoms with Crippen molar-refractivity contribution in [2.75, 3.05) is 51.3 Å². The van der Waals surface area contributed by atoms with Gasteiger partial charge in [0.2, 0.25) is 0 Å². The molecule has 2 heterocycles. The van der Waals surface area contributed by atoms with Gasteiger partial charge < -0.3 is 15.1 Å². The molecule has 2 aliphatic heterocycles. The van der Waals surface area contributed by atoms with E-state index in [0.29, 0.717) is 17.9 Å². The molecule has 2 aliphatic rings. The first-order valence-electron chi connectivity index (χ1n) is 10.3. The van der Waals surface area contributed by atoms with Crippen LogP contribution in [0.4, 0.5) is 0 Å². The Hall–Kier alpha value is 0.380. The third kappa shape index (κ3) is 6.19. The Kier molecular flexibility index (Phi) is 10.8. The molecule has 3 nitrogen and oxygen atoms in total. The van der Waals surface area contributed by atoms with Crippen molar-refractivity contribution in [3.8, 4) is 0 Å². The number of nitrogens with zero attached hydrogens (tertiary/aromatic N) is 2. The summed E-state index contributed by atoms with van der Waals surface area (Å²) >= 11 is 15.0. The van der Waals surface area contributed by atoms with Crippen LogP contribution in [0.25, 0.3) is 0 Å². The average Bonchev–Trinajstić information content (AvgIpc) is 2.91. The van der Waals surface area contributed by atoms with E-state index < -0.39 is 0 Å². The Morgan fingerprint density at radius 1 is 1.11 bits per heavy atom. The average molecular weight is 465 g/mol. The number of nitrogens with one attached hydrogen (secondary N) is 1. The summed E-state index contributed by atoms with van der Waals surface area (Å²) in [5.41, 5.74) is 1.47. The van der Waals surface area contributed by atoms with Gasteiger partial charge >= 0.3 is 0 Å². The highest BCUT2D eigenvalue weighted by atomic mass is 35.5. The highest BCUT2D eigenvalue weighted by Crippen LogP contribution is 2.46. The van der Waals surface area contributed by atoms with Crippen molar-refractivity contribution in [2.24, 2.45) is 5.92 Å². The predicted molar refractivity (Wildman–Crippen MR) is 131 cm³/mol. The molecule has 0 aliphatic carbocycles. The lowest BCUT2D eigenvalue weighted by atomic mass is 9.76. The van der Waals surface area contributed by atoms with Gasteiger partial charge in [0.25, 0.3) is 0 Å². The summed E-state index contributed by atoms with van der Waals surface area (Å²) in [6.45, 7) is 5.28. The molecule has 160 valence electrons. The topological polar surface area (TPSA) is 18.5 Å².